The van der Waals surface area contributed by atoms with Gasteiger partial charge in [0, 0.05) is 54.5 Å². The van der Waals surface area contributed by atoms with Crippen LogP contribution in [0.15, 0.2) is 41.0 Å². The number of carbonyl (C=O) groups is 1. The Labute approximate surface area is 234 Å². The summed E-state index contributed by atoms with van der Waals surface area (Å²) in [5, 5.41) is 0.871. The molecule has 5 rings (SSSR count). The fraction of sp³-hybridized carbons (Fsp3) is 0.483. The van der Waals surface area contributed by atoms with Crippen molar-refractivity contribution in [3.8, 4) is 5.75 Å². The molecule has 0 spiro atoms. The van der Waals surface area contributed by atoms with Crippen molar-refractivity contribution >= 4 is 32.4 Å². The maximum Gasteiger partial charge on any atom is 0.410 e. The average molecular weight is 571 g/mol. The van der Waals surface area contributed by atoms with Gasteiger partial charge in [-0.1, -0.05) is 6.07 Å². The Kier molecular flexibility index (Phi) is 7.96. The van der Waals surface area contributed by atoms with Gasteiger partial charge in [0.15, 0.2) is 0 Å². The van der Waals surface area contributed by atoms with E-state index in [4.69, 9.17) is 14.2 Å². The molecule has 0 saturated carbocycles. The van der Waals surface area contributed by atoms with Crippen molar-refractivity contribution in [3.05, 3.63) is 59.3 Å². The van der Waals surface area contributed by atoms with E-state index in [9.17, 15) is 13.4 Å². The zero-order valence-corrected chi connectivity index (χ0v) is 24.1. The highest BCUT2D eigenvalue weighted by atomic mass is 32.2. The minimum Gasteiger partial charge on any atom is -0.488 e. The quantitative estimate of drug-likeness (QED) is 0.416. The second kappa shape index (κ2) is 11.3. The Bertz CT molecular complexity index is 1530. The highest BCUT2D eigenvalue weighted by molar-refractivity contribution is 7.93. The van der Waals surface area contributed by atoms with E-state index >= 15 is 0 Å². The Morgan fingerprint density at radius 1 is 1.20 bits per heavy atom. The lowest BCUT2D eigenvalue weighted by molar-refractivity contribution is 0.0268. The van der Waals surface area contributed by atoms with Crippen LogP contribution in [0.4, 0.5) is 14.9 Å². The Balaban J connectivity index is 1.38. The van der Waals surface area contributed by atoms with Gasteiger partial charge in [-0.05, 0) is 51.5 Å². The van der Waals surface area contributed by atoms with Crippen molar-refractivity contribution in [2.75, 3.05) is 37.8 Å². The van der Waals surface area contributed by atoms with Crippen LogP contribution in [0.5, 0.6) is 5.75 Å². The number of fused-ring (bicyclic) bond motifs is 1. The van der Waals surface area contributed by atoms with E-state index in [1.807, 2.05) is 39.8 Å². The molecule has 0 N–H and O–H groups in total. The first-order chi connectivity index (χ1) is 19.0. The van der Waals surface area contributed by atoms with Crippen molar-refractivity contribution in [2.24, 2.45) is 4.36 Å². The van der Waals surface area contributed by atoms with Crippen molar-refractivity contribution < 1.29 is 27.6 Å². The van der Waals surface area contributed by atoms with Gasteiger partial charge >= 0.3 is 6.09 Å². The molecule has 214 valence electrons. The van der Waals surface area contributed by atoms with Gasteiger partial charge in [0.2, 0.25) is 0 Å². The van der Waals surface area contributed by atoms with Gasteiger partial charge in [-0.3, -0.25) is 0 Å². The predicted molar refractivity (Wildman–Crippen MR) is 151 cm³/mol. The van der Waals surface area contributed by atoms with Crippen LogP contribution in [0, 0.1) is 12.7 Å². The average Bonchev–Trinajstić information content (AvgIpc) is 3.38. The fourth-order valence-electron chi connectivity index (χ4n) is 4.90. The molecule has 1 amide bonds. The van der Waals surface area contributed by atoms with E-state index in [0.29, 0.717) is 49.7 Å². The number of halogens is 1. The maximum absolute atomic E-state index is 14.1. The molecule has 2 aliphatic heterocycles. The van der Waals surface area contributed by atoms with Crippen LogP contribution < -0.4 is 4.74 Å². The number of nitrogens with zero attached hydrogens (tertiary/aromatic N) is 4. The van der Waals surface area contributed by atoms with Crippen molar-refractivity contribution in [2.45, 2.75) is 52.2 Å². The van der Waals surface area contributed by atoms with Crippen LogP contribution in [0.1, 0.15) is 44.0 Å². The molecule has 2 aromatic carbocycles. The first-order valence-electron chi connectivity index (χ1n) is 13.5. The van der Waals surface area contributed by atoms with Gasteiger partial charge in [-0.15, -0.1) is 0 Å². The van der Waals surface area contributed by atoms with Crippen LogP contribution in [-0.4, -0.2) is 74.7 Å². The summed E-state index contributed by atoms with van der Waals surface area (Å²) in [6, 6.07) is 8.26. The number of aryl methyl sites for hydroxylation is 1. The van der Waals surface area contributed by atoms with E-state index in [1.54, 1.807) is 11.0 Å². The minimum absolute atomic E-state index is 0.105. The summed E-state index contributed by atoms with van der Waals surface area (Å²) >= 11 is 0. The first kappa shape index (κ1) is 28.2. The number of amides is 1. The van der Waals surface area contributed by atoms with Crippen LogP contribution in [0.2, 0.25) is 0 Å². The lowest BCUT2D eigenvalue weighted by atomic mass is 10.0. The fourth-order valence-corrected chi connectivity index (χ4v) is 6.79. The van der Waals surface area contributed by atoms with E-state index in [2.05, 4.69) is 14.3 Å². The Morgan fingerprint density at radius 3 is 2.67 bits per heavy atom. The molecule has 0 aliphatic carbocycles. The van der Waals surface area contributed by atoms with Gasteiger partial charge < -0.3 is 19.1 Å². The summed E-state index contributed by atoms with van der Waals surface area (Å²) in [4.78, 5) is 23.0. The molecule has 2 saturated heterocycles. The second-order valence-corrected chi connectivity index (χ2v) is 13.8. The van der Waals surface area contributed by atoms with E-state index in [1.165, 1.54) is 18.5 Å². The summed E-state index contributed by atoms with van der Waals surface area (Å²) in [5.41, 5.74) is 3.18. The molecule has 0 bridgehead atoms. The van der Waals surface area contributed by atoms with Gasteiger partial charge in [-0.2, -0.15) is 4.36 Å². The molecule has 11 heteroatoms. The number of rotatable bonds is 5. The standard InChI is InChI=1S/C29H35FN4O5S/c1-19-13-22(33-40(36)11-8-34(9-12-40)28(35)39-29(2,3)4)16-25-27(19)24(31-18-32-25)14-20-5-6-21(30)15-26(20)38-23-7-10-37-17-23/h5-6,13,15-16,18,23H,7-12,14,17H2,1-4H3/t23-/m0/s1. The summed E-state index contributed by atoms with van der Waals surface area (Å²) < 4.78 is 49.2. The molecule has 40 heavy (non-hydrogen) atoms. The molecule has 1 aromatic heterocycles. The van der Waals surface area contributed by atoms with Crippen LogP contribution in [0.3, 0.4) is 0 Å². The Morgan fingerprint density at radius 2 is 1.98 bits per heavy atom. The number of hydrogen-bond acceptors (Lipinski definition) is 8. The molecule has 2 fully saturated rings. The normalized spacial score (nSPS) is 19.0. The highest BCUT2D eigenvalue weighted by Crippen LogP contribution is 2.31. The van der Waals surface area contributed by atoms with E-state index in [-0.39, 0.29) is 23.4 Å². The van der Waals surface area contributed by atoms with Gasteiger partial charge in [0.25, 0.3) is 0 Å². The number of aromatic nitrogens is 2. The summed E-state index contributed by atoms with van der Waals surface area (Å²) in [6.07, 6.45) is 2.18. The minimum atomic E-state index is -2.55. The number of ether oxygens (including phenoxy) is 3. The van der Waals surface area contributed by atoms with Crippen LogP contribution in [0.25, 0.3) is 10.9 Å². The molecule has 2 aliphatic rings. The molecule has 0 unspecified atom stereocenters. The Hall–Kier alpha value is -3.31. The first-order valence-corrected chi connectivity index (χ1v) is 15.3. The molecular formula is C29H35FN4O5S. The smallest absolute Gasteiger partial charge is 0.410 e. The van der Waals surface area contributed by atoms with Crippen molar-refractivity contribution in [1.82, 2.24) is 14.9 Å². The van der Waals surface area contributed by atoms with Gasteiger partial charge in [0.1, 0.15) is 29.6 Å². The topological polar surface area (TPSA) is 103 Å². The summed E-state index contributed by atoms with van der Waals surface area (Å²) in [5.74, 6) is 0.676. The maximum atomic E-state index is 14.1. The number of benzene rings is 2. The summed E-state index contributed by atoms with van der Waals surface area (Å²) in [7, 11) is -2.55. The lowest BCUT2D eigenvalue weighted by Gasteiger charge is -2.31. The third-order valence-corrected chi connectivity index (χ3v) is 9.04. The third-order valence-electron chi connectivity index (χ3n) is 6.85. The molecule has 0 radical (unpaired) electrons. The highest BCUT2D eigenvalue weighted by Gasteiger charge is 2.28. The van der Waals surface area contributed by atoms with Crippen molar-refractivity contribution in [3.63, 3.8) is 0 Å². The zero-order chi connectivity index (χ0) is 28.5. The van der Waals surface area contributed by atoms with E-state index < -0.39 is 21.4 Å². The third kappa shape index (κ3) is 6.69. The number of carbonyl (C=O) groups excluding carboxylic acids is 1. The largest absolute Gasteiger partial charge is 0.488 e. The SMILES string of the molecule is Cc1cc(N=S2(=O)CCN(C(=O)OC(C)(C)C)CC2)cc2ncnc(Cc3ccc(F)cc3O[C@H]3CCOC3)c12. The van der Waals surface area contributed by atoms with Crippen molar-refractivity contribution in [1.29, 1.82) is 0 Å². The molecule has 3 aromatic rings. The van der Waals surface area contributed by atoms with E-state index in [0.717, 1.165) is 28.6 Å². The lowest BCUT2D eigenvalue weighted by Crippen LogP contribution is -2.45. The van der Waals surface area contributed by atoms with Crippen LogP contribution >= 0.6 is 0 Å². The van der Waals surface area contributed by atoms with Gasteiger partial charge in [0.05, 0.1) is 39.8 Å². The summed E-state index contributed by atoms with van der Waals surface area (Å²) in [6.45, 7) is 9.18. The molecule has 9 nitrogen and oxygen atoms in total. The molecule has 1 atom stereocenters. The molecular weight excluding hydrogens is 535 g/mol. The zero-order valence-electron chi connectivity index (χ0n) is 23.3. The number of hydrogen-bond donors (Lipinski definition) is 0. The predicted octanol–water partition coefficient (Wildman–Crippen LogP) is 5.19. The van der Waals surface area contributed by atoms with Gasteiger partial charge in [-0.25, -0.2) is 23.4 Å². The monoisotopic (exact) mass is 570 g/mol. The molecule has 3 heterocycles. The van der Waals surface area contributed by atoms with Crippen LogP contribution in [-0.2, 0) is 25.6 Å². The second-order valence-electron chi connectivity index (χ2n) is 11.2.